The second kappa shape index (κ2) is 7.85. The second-order valence-corrected chi connectivity index (χ2v) is 5.85. The molecule has 0 bridgehead atoms. The fourth-order valence-electron chi connectivity index (χ4n) is 2.93. The van der Waals surface area contributed by atoms with Gasteiger partial charge >= 0.3 is 0 Å². The zero-order chi connectivity index (χ0) is 13.5. The van der Waals surface area contributed by atoms with Crippen LogP contribution in [-0.4, -0.2) is 49.7 Å². The molecule has 1 N–H and O–H groups in total. The second-order valence-electron chi connectivity index (χ2n) is 5.85. The Bertz CT molecular complexity index is 269. The van der Waals surface area contributed by atoms with E-state index in [1.807, 2.05) is 4.90 Å². The Balaban J connectivity index is 1.63. The molecule has 0 aromatic rings. The minimum atomic E-state index is 0.0948. The fourth-order valence-corrected chi connectivity index (χ4v) is 2.93. The number of carbonyl (C=O) groups excluding carboxylic acids is 1. The average molecular weight is 268 g/mol. The molecule has 2 rings (SSSR count). The van der Waals surface area contributed by atoms with Gasteiger partial charge in [0.25, 0.3) is 0 Å². The zero-order valence-electron chi connectivity index (χ0n) is 12.2. The summed E-state index contributed by atoms with van der Waals surface area (Å²) >= 11 is 0. The fraction of sp³-hybridized carbons (Fsp3) is 0.933. The third kappa shape index (κ3) is 4.46. The van der Waals surface area contributed by atoms with Gasteiger partial charge in [-0.3, -0.25) is 4.79 Å². The first-order valence-electron chi connectivity index (χ1n) is 7.91. The van der Waals surface area contributed by atoms with Crippen LogP contribution in [-0.2, 0) is 9.53 Å². The number of amides is 1. The van der Waals surface area contributed by atoms with E-state index in [1.165, 1.54) is 6.42 Å². The maximum atomic E-state index is 12.2. The smallest absolute Gasteiger partial charge is 0.239 e. The highest BCUT2D eigenvalue weighted by Crippen LogP contribution is 2.19. The summed E-state index contributed by atoms with van der Waals surface area (Å²) in [5.41, 5.74) is 0. The van der Waals surface area contributed by atoms with E-state index >= 15 is 0 Å². The van der Waals surface area contributed by atoms with Crippen molar-refractivity contribution in [3.05, 3.63) is 0 Å². The minimum Gasteiger partial charge on any atom is -0.381 e. The van der Waals surface area contributed by atoms with Crippen LogP contribution < -0.4 is 5.32 Å². The third-order valence-corrected chi connectivity index (χ3v) is 4.28. The minimum absolute atomic E-state index is 0.0948. The first-order chi connectivity index (χ1) is 9.31. The highest BCUT2D eigenvalue weighted by Gasteiger charge is 2.29. The van der Waals surface area contributed by atoms with Gasteiger partial charge in [-0.05, 0) is 44.6 Å². The molecule has 1 atom stereocenters. The van der Waals surface area contributed by atoms with E-state index in [4.69, 9.17) is 4.74 Å². The standard InChI is InChI=1S/C15H28N2O2/c1-2-3-11-19-12-13-6-9-17(10-7-13)15(18)14-5-4-8-16-14/h13-14,16H,2-12H2,1H3/t14-/m0/s1. The molecule has 110 valence electrons. The first-order valence-corrected chi connectivity index (χ1v) is 7.91. The van der Waals surface area contributed by atoms with Gasteiger partial charge in [0.05, 0.1) is 6.04 Å². The molecule has 0 radical (unpaired) electrons. The van der Waals surface area contributed by atoms with Crippen LogP contribution in [0.15, 0.2) is 0 Å². The largest absolute Gasteiger partial charge is 0.381 e. The van der Waals surface area contributed by atoms with E-state index in [0.29, 0.717) is 11.8 Å². The summed E-state index contributed by atoms with van der Waals surface area (Å²) in [6, 6.07) is 0.0948. The van der Waals surface area contributed by atoms with Crippen molar-refractivity contribution in [1.29, 1.82) is 0 Å². The van der Waals surface area contributed by atoms with Gasteiger partial charge in [-0.25, -0.2) is 0 Å². The van der Waals surface area contributed by atoms with E-state index in [0.717, 1.165) is 65.0 Å². The van der Waals surface area contributed by atoms with Crippen LogP contribution in [0.5, 0.6) is 0 Å². The number of hydrogen-bond acceptors (Lipinski definition) is 3. The van der Waals surface area contributed by atoms with E-state index in [-0.39, 0.29) is 6.04 Å². The third-order valence-electron chi connectivity index (χ3n) is 4.28. The normalized spacial score (nSPS) is 24.9. The Morgan fingerprint density at radius 2 is 2.11 bits per heavy atom. The molecular weight excluding hydrogens is 240 g/mol. The van der Waals surface area contributed by atoms with Gasteiger partial charge in [0, 0.05) is 26.3 Å². The Hall–Kier alpha value is -0.610. The van der Waals surface area contributed by atoms with Crippen molar-refractivity contribution in [3.8, 4) is 0 Å². The Kier molecular flexibility index (Phi) is 6.11. The molecule has 4 nitrogen and oxygen atoms in total. The number of unbranched alkanes of at least 4 members (excludes halogenated alkanes) is 1. The topological polar surface area (TPSA) is 41.6 Å². The molecule has 0 saturated carbocycles. The Labute approximate surface area is 116 Å². The van der Waals surface area contributed by atoms with Crippen LogP contribution in [0.4, 0.5) is 0 Å². The van der Waals surface area contributed by atoms with Crippen LogP contribution in [0.25, 0.3) is 0 Å². The van der Waals surface area contributed by atoms with Crippen molar-refractivity contribution >= 4 is 5.91 Å². The van der Waals surface area contributed by atoms with Crippen LogP contribution in [0.3, 0.4) is 0 Å². The SMILES string of the molecule is CCCCOCC1CCN(C(=O)[C@@H]2CCCN2)CC1. The molecule has 0 unspecified atom stereocenters. The van der Waals surface area contributed by atoms with Crippen molar-refractivity contribution in [2.75, 3.05) is 32.8 Å². The molecule has 2 fully saturated rings. The average Bonchev–Trinajstić information content (AvgIpc) is 2.98. The first kappa shape index (κ1) is 14.8. The van der Waals surface area contributed by atoms with E-state index in [2.05, 4.69) is 12.2 Å². The summed E-state index contributed by atoms with van der Waals surface area (Å²) in [6.07, 6.45) is 6.71. The summed E-state index contributed by atoms with van der Waals surface area (Å²) in [7, 11) is 0. The predicted octanol–water partition coefficient (Wildman–Crippen LogP) is 1.79. The van der Waals surface area contributed by atoms with Crippen LogP contribution in [0, 0.1) is 5.92 Å². The summed E-state index contributed by atoms with van der Waals surface area (Å²) in [5, 5.41) is 3.30. The highest BCUT2D eigenvalue weighted by atomic mass is 16.5. The number of carbonyl (C=O) groups is 1. The lowest BCUT2D eigenvalue weighted by Gasteiger charge is -2.33. The summed E-state index contributed by atoms with van der Waals surface area (Å²) in [5.74, 6) is 0.972. The maximum Gasteiger partial charge on any atom is 0.239 e. The molecule has 4 heteroatoms. The monoisotopic (exact) mass is 268 g/mol. The number of rotatable bonds is 6. The van der Waals surface area contributed by atoms with Crippen LogP contribution in [0.2, 0.25) is 0 Å². The molecule has 2 heterocycles. The van der Waals surface area contributed by atoms with Crippen LogP contribution >= 0.6 is 0 Å². The molecule has 2 aliphatic heterocycles. The number of hydrogen-bond donors (Lipinski definition) is 1. The Morgan fingerprint density at radius 1 is 1.32 bits per heavy atom. The van der Waals surface area contributed by atoms with Crippen molar-refractivity contribution < 1.29 is 9.53 Å². The number of likely N-dealkylation sites (tertiary alicyclic amines) is 1. The lowest BCUT2D eigenvalue weighted by atomic mass is 9.97. The van der Waals surface area contributed by atoms with Gasteiger partial charge in [0.15, 0.2) is 0 Å². The predicted molar refractivity (Wildman–Crippen MR) is 76.1 cm³/mol. The summed E-state index contributed by atoms with van der Waals surface area (Å²) in [4.78, 5) is 14.3. The lowest BCUT2D eigenvalue weighted by Crippen LogP contribution is -2.47. The van der Waals surface area contributed by atoms with Gasteiger partial charge in [-0.2, -0.15) is 0 Å². The Morgan fingerprint density at radius 3 is 2.74 bits per heavy atom. The number of piperidine rings is 1. The van der Waals surface area contributed by atoms with Gasteiger partial charge in [-0.1, -0.05) is 13.3 Å². The van der Waals surface area contributed by atoms with E-state index in [1.54, 1.807) is 0 Å². The quantitative estimate of drug-likeness (QED) is 0.747. The van der Waals surface area contributed by atoms with Crippen molar-refractivity contribution in [1.82, 2.24) is 10.2 Å². The summed E-state index contributed by atoms with van der Waals surface area (Å²) in [6.45, 7) is 6.78. The number of nitrogens with one attached hydrogen (secondary N) is 1. The van der Waals surface area contributed by atoms with Crippen molar-refractivity contribution in [3.63, 3.8) is 0 Å². The highest BCUT2D eigenvalue weighted by molar-refractivity contribution is 5.82. The van der Waals surface area contributed by atoms with Crippen molar-refractivity contribution in [2.45, 2.75) is 51.5 Å². The zero-order valence-corrected chi connectivity index (χ0v) is 12.2. The molecule has 0 aromatic heterocycles. The molecule has 2 aliphatic rings. The number of ether oxygens (including phenoxy) is 1. The van der Waals surface area contributed by atoms with E-state index in [9.17, 15) is 4.79 Å². The maximum absolute atomic E-state index is 12.2. The van der Waals surface area contributed by atoms with Gasteiger partial charge in [0.2, 0.25) is 5.91 Å². The van der Waals surface area contributed by atoms with Crippen LogP contribution in [0.1, 0.15) is 45.4 Å². The number of nitrogens with zero attached hydrogens (tertiary/aromatic N) is 1. The van der Waals surface area contributed by atoms with E-state index < -0.39 is 0 Å². The molecule has 0 spiro atoms. The van der Waals surface area contributed by atoms with Gasteiger partial charge in [-0.15, -0.1) is 0 Å². The molecule has 19 heavy (non-hydrogen) atoms. The van der Waals surface area contributed by atoms with Crippen molar-refractivity contribution in [2.24, 2.45) is 5.92 Å². The molecule has 0 aromatic carbocycles. The molecule has 0 aliphatic carbocycles. The molecule has 2 saturated heterocycles. The lowest BCUT2D eigenvalue weighted by molar-refractivity contribution is -0.134. The molecule has 1 amide bonds. The summed E-state index contributed by atoms with van der Waals surface area (Å²) < 4.78 is 5.69. The molecular formula is C15H28N2O2. The van der Waals surface area contributed by atoms with Gasteiger partial charge in [0.1, 0.15) is 0 Å². The van der Waals surface area contributed by atoms with Gasteiger partial charge < -0.3 is 15.0 Å².